The maximum Gasteiger partial charge on any atom is 0.256 e. The molecule has 0 atom stereocenters. The first-order chi connectivity index (χ1) is 15.1. The summed E-state index contributed by atoms with van der Waals surface area (Å²) < 4.78 is 27.0. The van der Waals surface area contributed by atoms with Crippen LogP contribution in [0.15, 0.2) is 36.4 Å². The van der Waals surface area contributed by atoms with Gasteiger partial charge in [0.05, 0.1) is 23.9 Å². The van der Waals surface area contributed by atoms with E-state index in [1.54, 1.807) is 30.0 Å². The summed E-state index contributed by atoms with van der Waals surface area (Å²) in [5.41, 5.74) is 2.83. The van der Waals surface area contributed by atoms with Crippen LogP contribution in [-0.2, 0) is 16.8 Å². The van der Waals surface area contributed by atoms with E-state index in [1.165, 1.54) is 24.0 Å². The highest BCUT2D eigenvalue weighted by Gasteiger charge is 2.42. The molecule has 1 saturated carbocycles. The van der Waals surface area contributed by atoms with Crippen LogP contribution in [0.2, 0.25) is 0 Å². The van der Waals surface area contributed by atoms with Gasteiger partial charge in [0.25, 0.3) is 5.91 Å². The first kappa shape index (κ1) is 20.5. The van der Waals surface area contributed by atoms with Gasteiger partial charge in [0.15, 0.2) is 0 Å². The number of benzene rings is 2. The van der Waals surface area contributed by atoms with Crippen LogP contribution in [0.3, 0.4) is 0 Å². The second-order valence-corrected chi connectivity index (χ2v) is 9.16. The smallest absolute Gasteiger partial charge is 0.256 e. The van der Waals surface area contributed by atoms with Gasteiger partial charge >= 0.3 is 0 Å². The van der Waals surface area contributed by atoms with E-state index in [1.807, 2.05) is 0 Å². The van der Waals surface area contributed by atoms with E-state index in [2.05, 4.69) is 18.2 Å². The molecule has 0 unspecified atom stereocenters. The van der Waals surface area contributed by atoms with Crippen molar-refractivity contribution in [1.82, 2.24) is 4.90 Å². The van der Waals surface area contributed by atoms with Crippen molar-refractivity contribution < 1.29 is 18.7 Å². The van der Waals surface area contributed by atoms with Crippen molar-refractivity contribution in [3.05, 3.63) is 64.5 Å². The van der Waals surface area contributed by atoms with Crippen LogP contribution in [-0.4, -0.2) is 36.6 Å². The SMILES string of the molecule is Cc1cccc(C(=O)N2CCC3(CC2)OCCc2cc(OC4CCCC4)ccc23)c1F. The number of hydrogen-bond donors (Lipinski definition) is 0. The summed E-state index contributed by atoms with van der Waals surface area (Å²) in [5, 5.41) is 0. The second-order valence-electron chi connectivity index (χ2n) is 9.16. The summed E-state index contributed by atoms with van der Waals surface area (Å²) >= 11 is 0. The van der Waals surface area contributed by atoms with Crippen LogP contribution in [0.4, 0.5) is 4.39 Å². The molecular formula is C26H30FNO3. The van der Waals surface area contributed by atoms with Gasteiger partial charge in [-0.05, 0) is 86.8 Å². The monoisotopic (exact) mass is 423 g/mol. The molecule has 0 aromatic heterocycles. The topological polar surface area (TPSA) is 38.8 Å². The molecule has 2 heterocycles. The number of rotatable bonds is 3. The van der Waals surface area contributed by atoms with Gasteiger partial charge < -0.3 is 14.4 Å². The number of halogens is 1. The first-order valence-corrected chi connectivity index (χ1v) is 11.5. The number of likely N-dealkylation sites (tertiary alicyclic amines) is 1. The van der Waals surface area contributed by atoms with Crippen molar-refractivity contribution in [3.8, 4) is 5.75 Å². The predicted octanol–water partition coefficient (Wildman–Crippen LogP) is 5.16. The molecule has 1 amide bonds. The molecule has 0 radical (unpaired) electrons. The zero-order valence-corrected chi connectivity index (χ0v) is 18.2. The minimum Gasteiger partial charge on any atom is -0.490 e. The molecule has 31 heavy (non-hydrogen) atoms. The van der Waals surface area contributed by atoms with E-state index in [4.69, 9.17) is 9.47 Å². The standard InChI is InChI=1S/C26H30FNO3/c1-18-5-4-8-22(24(18)27)25(29)28-14-12-26(13-15-28)23-10-9-21(17-19(23)11-16-30-26)31-20-6-2-3-7-20/h4-5,8-10,17,20H,2-3,6-7,11-16H2,1H3. The van der Waals surface area contributed by atoms with E-state index in [-0.39, 0.29) is 17.1 Å². The molecule has 3 aliphatic rings. The molecule has 2 aromatic carbocycles. The van der Waals surface area contributed by atoms with Crippen LogP contribution < -0.4 is 4.74 Å². The second kappa shape index (κ2) is 8.27. The van der Waals surface area contributed by atoms with Crippen molar-refractivity contribution in [2.45, 2.75) is 63.6 Å². The lowest BCUT2D eigenvalue weighted by molar-refractivity contribution is -0.0935. The Morgan fingerprint density at radius 3 is 2.71 bits per heavy atom. The Labute approximate surface area is 183 Å². The number of aryl methyl sites for hydroxylation is 1. The fraction of sp³-hybridized carbons (Fsp3) is 0.500. The lowest BCUT2D eigenvalue weighted by Crippen LogP contribution is -2.48. The molecule has 5 heteroatoms. The summed E-state index contributed by atoms with van der Waals surface area (Å²) in [6, 6.07) is 11.4. The molecule has 2 aliphatic heterocycles. The zero-order chi connectivity index (χ0) is 21.4. The lowest BCUT2D eigenvalue weighted by Gasteiger charge is -2.45. The molecule has 2 aromatic rings. The quantitative estimate of drug-likeness (QED) is 0.685. The van der Waals surface area contributed by atoms with Gasteiger partial charge in [-0.3, -0.25) is 4.79 Å². The van der Waals surface area contributed by atoms with Gasteiger partial charge in [-0.2, -0.15) is 0 Å². The van der Waals surface area contributed by atoms with Gasteiger partial charge in [0.2, 0.25) is 0 Å². The van der Waals surface area contributed by atoms with Gasteiger partial charge in [-0.25, -0.2) is 4.39 Å². The third-order valence-electron chi connectivity index (χ3n) is 7.20. The van der Waals surface area contributed by atoms with Crippen LogP contribution in [0, 0.1) is 12.7 Å². The molecule has 1 aliphatic carbocycles. The molecular weight excluding hydrogens is 393 g/mol. The summed E-state index contributed by atoms with van der Waals surface area (Å²) in [6.07, 6.45) is 7.50. The molecule has 164 valence electrons. The summed E-state index contributed by atoms with van der Waals surface area (Å²) in [5.74, 6) is 0.319. The van der Waals surface area contributed by atoms with E-state index >= 15 is 0 Å². The maximum absolute atomic E-state index is 14.5. The number of nitrogens with zero attached hydrogens (tertiary/aromatic N) is 1. The number of hydrogen-bond acceptors (Lipinski definition) is 3. The fourth-order valence-electron chi connectivity index (χ4n) is 5.40. The van der Waals surface area contributed by atoms with Crippen molar-refractivity contribution >= 4 is 5.91 Å². The summed E-state index contributed by atoms with van der Waals surface area (Å²) in [6.45, 7) is 3.49. The van der Waals surface area contributed by atoms with Crippen molar-refractivity contribution in [2.24, 2.45) is 0 Å². The molecule has 1 saturated heterocycles. The van der Waals surface area contributed by atoms with E-state index in [0.717, 1.165) is 37.9 Å². The van der Waals surface area contributed by atoms with E-state index in [0.29, 0.717) is 31.4 Å². The third-order valence-corrected chi connectivity index (χ3v) is 7.20. The number of carbonyl (C=O) groups is 1. The van der Waals surface area contributed by atoms with Crippen LogP contribution in [0.25, 0.3) is 0 Å². The number of ether oxygens (including phenoxy) is 2. The van der Waals surface area contributed by atoms with Gasteiger partial charge in [-0.1, -0.05) is 18.2 Å². The highest BCUT2D eigenvalue weighted by molar-refractivity contribution is 5.94. The number of carbonyl (C=O) groups excluding carboxylic acids is 1. The summed E-state index contributed by atoms with van der Waals surface area (Å²) in [7, 11) is 0. The molecule has 2 fully saturated rings. The summed E-state index contributed by atoms with van der Waals surface area (Å²) in [4.78, 5) is 14.7. The van der Waals surface area contributed by atoms with Crippen LogP contribution >= 0.6 is 0 Å². The Bertz CT molecular complexity index is 975. The Kier molecular flexibility index (Phi) is 5.47. The fourth-order valence-corrected chi connectivity index (χ4v) is 5.40. The first-order valence-electron chi connectivity index (χ1n) is 11.5. The van der Waals surface area contributed by atoms with Gasteiger partial charge in [0, 0.05) is 13.1 Å². The minimum atomic E-state index is -0.415. The Balaban J connectivity index is 1.31. The van der Waals surface area contributed by atoms with Crippen molar-refractivity contribution in [3.63, 3.8) is 0 Å². The molecule has 1 spiro atoms. The minimum absolute atomic E-state index is 0.162. The third kappa shape index (κ3) is 3.84. The number of amides is 1. The maximum atomic E-state index is 14.5. The largest absolute Gasteiger partial charge is 0.490 e. The Morgan fingerprint density at radius 2 is 1.94 bits per heavy atom. The highest BCUT2D eigenvalue weighted by atomic mass is 19.1. The van der Waals surface area contributed by atoms with Crippen molar-refractivity contribution in [1.29, 1.82) is 0 Å². The lowest BCUT2D eigenvalue weighted by atomic mass is 9.79. The molecule has 4 nitrogen and oxygen atoms in total. The average molecular weight is 424 g/mol. The Morgan fingerprint density at radius 1 is 1.16 bits per heavy atom. The normalized spacial score (nSPS) is 20.6. The molecule has 0 bridgehead atoms. The van der Waals surface area contributed by atoms with Gasteiger partial charge in [-0.15, -0.1) is 0 Å². The number of piperidine rings is 1. The van der Waals surface area contributed by atoms with Crippen LogP contribution in [0.5, 0.6) is 5.75 Å². The highest BCUT2D eigenvalue weighted by Crippen LogP contribution is 2.43. The predicted molar refractivity (Wildman–Crippen MR) is 117 cm³/mol. The van der Waals surface area contributed by atoms with Gasteiger partial charge in [0.1, 0.15) is 11.6 Å². The number of fused-ring (bicyclic) bond motifs is 2. The molecule has 5 rings (SSSR count). The van der Waals surface area contributed by atoms with E-state index in [9.17, 15) is 9.18 Å². The van der Waals surface area contributed by atoms with Crippen LogP contribution in [0.1, 0.15) is 65.6 Å². The molecule has 0 N–H and O–H groups in total. The zero-order valence-electron chi connectivity index (χ0n) is 18.2. The Hall–Kier alpha value is -2.40. The van der Waals surface area contributed by atoms with Crippen molar-refractivity contribution in [2.75, 3.05) is 19.7 Å². The average Bonchev–Trinajstić information content (AvgIpc) is 3.29. The van der Waals surface area contributed by atoms with E-state index < -0.39 is 5.82 Å².